The van der Waals surface area contributed by atoms with Crippen LogP contribution in [0.5, 0.6) is 11.5 Å². The lowest BCUT2D eigenvalue weighted by molar-refractivity contribution is -0.142. The van der Waals surface area contributed by atoms with Crippen LogP contribution >= 0.6 is 0 Å². The number of nitrogens with one attached hydrogen (secondary N) is 1. The molecule has 1 aliphatic rings. The standard InChI is InChI=1S/C16H19NO5/c1-9(2)13(16(19)20)17-15(18)11-7-10-5-4-6-12(21-3)14(10)22-8-11/h4-7,9,13H,8H2,1-3H3,(H,17,18)(H,19,20)/t13-/m1/s1. The zero-order valence-electron chi connectivity index (χ0n) is 12.8. The first-order valence-corrected chi connectivity index (χ1v) is 6.98. The van der Waals surface area contributed by atoms with E-state index in [9.17, 15) is 9.59 Å². The van der Waals surface area contributed by atoms with E-state index < -0.39 is 17.9 Å². The first-order chi connectivity index (χ1) is 10.4. The summed E-state index contributed by atoms with van der Waals surface area (Å²) < 4.78 is 10.8. The van der Waals surface area contributed by atoms with Crippen LogP contribution in [0.15, 0.2) is 23.8 Å². The third-order valence-corrected chi connectivity index (χ3v) is 3.44. The Kier molecular flexibility index (Phi) is 4.70. The number of hydrogen-bond acceptors (Lipinski definition) is 4. The van der Waals surface area contributed by atoms with Gasteiger partial charge in [0.15, 0.2) is 11.5 Å². The number of benzene rings is 1. The van der Waals surface area contributed by atoms with Crippen molar-refractivity contribution < 1.29 is 24.2 Å². The summed E-state index contributed by atoms with van der Waals surface area (Å²) in [6.45, 7) is 3.56. The molecule has 1 aromatic rings. The highest BCUT2D eigenvalue weighted by atomic mass is 16.5. The molecule has 6 heteroatoms. The van der Waals surface area contributed by atoms with Gasteiger partial charge in [-0.1, -0.05) is 26.0 Å². The van der Waals surface area contributed by atoms with Crippen LogP contribution in [0.4, 0.5) is 0 Å². The second-order valence-corrected chi connectivity index (χ2v) is 5.37. The number of rotatable bonds is 5. The number of ether oxygens (including phenoxy) is 2. The number of para-hydroxylation sites is 1. The Morgan fingerprint density at radius 1 is 1.36 bits per heavy atom. The highest BCUT2D eigenvalue weighted by molar-refractivity contribution is 6.01. The molecule has 0 bridgehead atoms. The number of carbonyl (C=O) groups is 2. The van der Waals surface area contributed by atoms with E-state index in [1.54, 1.807) is 45.2 Å². The molecule has 6 nitrogen and oxygen atoms in total. The van der Waals surface area contributed by atoms with Crippen molar-refractivity contribution in [2.45, 2.75) is 19.9 Å². The maximum Gasteiger partial charge on any atom is 0.326 e. The van der Waals surface area contributed by atoms with Gasteiger partial charge in [0.05, 0.1) is 12.7 Å². The average Bonchev–Trinajstić information content (AvgIpc) is 2.50. The molecule has 0 radical (unpaired) electrons. The molecule has 0 spiro atoms. The van der Waals surface area contributed by atoms with Crippen LogP contribution in [0.2, 0.25) is 0 Å². The van der Waals surface area contributed by atoms with E-state index in [4.69, 9.17) is 14.6 Å². The molecular formula is C16H19NO5. The van der Waals surface area contributed by atoms with Crippen molar-refractivity contribution in [3.63, 3.8) is 0 Å². The van der Waals surface area contributed by atoms with Crippen LogP contribution in [0.1, 0.15) is 19.4 Å². The Bertz CT molecular complexity index is 621. The molecule has 0 unspecified atom stereocenters. The lowest BCUT2D eigenvalue weighted by Gasteiger charge is -2.22. The molecule has 2 N–H and O–H groups in total. The van der Waals surface area contributed by atoms with Gasteiger partial charge in [-0.25, -0.2) is 4.79 Å². The number of methoxy groups -OCH3 is 1. The summed E-state index contributed by atoms with van der Waals surface area (Å²) in [5, 5.41) is 11.7. The summed E-state index contributed by atoms with van der Waals surface area (Å²) in [5.41, 5.74) is 1.11. The summed E-state index contributed by atoms with van der Waals surface area (Å²) in [5.74, 6) is -0.518. The summed E-state index contributed by atoms with van der Waals surface area (Å²) in [6.07, 6.45) is 1.69. The predicted octanol–water partition coefficient (Wildman–Crippen LogP) is 1.70. The molecule has 1 aromatic carbocycles. The topological polar surface area (TPSA) is 84.9 Å². The molecule has 2 rings (SSSR count). The highest BCUT2D eigenvalue weighted by Gasteiger charge is 2.26. The van der Waals surface area contributed by atoms with E-state index in [1.807, 2.05) is 0 Å². The van der Waals surface area contributed by atoms with Crippen LogP contribution in [-0.4, -0.2) is 36.7 Å². The van der Waals surface area contributed by atoms with Crippen molar-refractivity contribution >= 4 is 18.0 Å². The lowest BCUT2D eigenvalue weighted by atomic mass is 10.0. The van der Waals surface area contributed by atoms with Gasteiger partial charge in [0.1, 0.15) is 12.6 Å². The number of aliphatic carboxylic acids is 1. The molecule has 118 valence electrons. The predicted molar refractivity (Wildman–Crippen MR) is 80.9 cm³/mol. The van der Waals surface area contributed by atoms with Crippen molar-refractivity contribution in [2.75, 3.05) is 13.7 Å². The minimum Gasteiger partial charge on any atom is -0.493 e. The van der Waals surface area contributed by atoms with Crippen LogP contribution in [-0.2, 0) is 9.59 Å². The zero-order valence-corrected chi connectivity index (χ0v) is 12.8. The summed E-state index contributed by atoms with van der Waals surface area (Å²) >= 11 is 0. The second kappa shape index (κ2) is 6.51. The highest BCUT2D eigenvalue weighted by Crippen LogP contribution is 2.35. The van der Waals surface area contributed by atoms with Gasteiger partial charge in [0, 0.05) is 5.56 Å². The third-order valence-electron chi connectivity index (χ3n) is 3.44. The summed E-state index contributed by atoms with van der Waals surface area (Å²) in [6, 6.07) is 4.45. The molecule has 0 saturated heterocycles. The van der Waals surface area contributed by atoms with E-state index in [0.29, 0.717) is 17.1 Å². The number of carbonyl (C=O) groups excluding carboxylic acids is 1. The fourth-order valence-corrected chi connectivity index (χ4v) is 2.22. The largest absolute Gasteiger partial charge is 0.493 e. The second-order valence-electron chi connectivity index (χ2n) is 5.37. The molecule has 0 saturated carbocycles. The van der Waals surface area contributed by atoms with Crippen LogP contribution in [0.3, 0.4) is 0 Å². The monoisotopic (exact) mass is 305 g/mol. The summed E-state index contributed by atoms with van der Waals surface area (Å²) in [7, 11) is 1.55. The van der Waals surface area contributed by atoms with E-state index in [2.05, 4.69) is 5.32 Å². The van der Waals surface area contributed by atoms with E-state index in [0.717, 1.165) is 5.56 Å². The molecule has 22 heavy (non-hydrogen) atoms. The number of fused-ring (bicyclic) bond motifs is 1. The average molecular weight is 305 g/mol. The van der Waals surface area contributed by atoms with E-state index in [-0.39, 0.29) is 12.5 Å². The SMILES string of the molecule is COc1cccc2c1OCC(C(=O)N[C@@H](C(=O)O)C(C)C)=C2. The minimum absolute atomic E-state index is 0.0731. The third kappa shape index (κ3) is 3.21. The Labute approximate surface area is 128 Å². The number of hydrogen-bond donors (Lipinski definition) is 2. The van der Waals surface area contributed by atoms with Gasteiger partial charge in [-0.2, -0.15) is 0 Å². The van der Waals surface area contributed by atoms with Crippen molar-refractivity contribution in [1.29, 1.82) is 0 Å². The summed E-state index contributed by atoms with van der Waals surface area (Å²) in [4.78, 5) is 23.4. The molecule has 0 aliphatic carbocycles. The van der Waals surface area contributed by atoms with Crippen molar-refractivity contribution in [3.8, 4) is 11.5 Å². The van der Waals surface area contributed by atoms with Crippen LogP contribution < -0.4 is 14.8 Å². The first kappa shape index (κ1) is 15.9. The molecule has 0 aromatic heterocycles. The van der Waals surface area contributed by atoms with E-state index >= 15 is 0 Å². The molecule has 1 atom stereocenters. The smallest absolute Gasteiger partial charge is 0.326 e. The van der Waals surface area contributed by atoms with E-state index in [1.165, 1.54) is 0 Å². The van der Waals surface area contributed by atoms with Crippen LogP contribution in [0, 0.1) is 5.92 Å². The fourth-order valence-electron chi connectivity index (χ4n) is 2.22. The van der Waals surface area contributed by atoms with Gasteiger partial charge < -0.3 is 19.9 Å². The number of carboxylic acid groups (broad SMARTS) is 1. The Balaban J connectivity index is 2.21. The Morgan fingerprint density at radius 2 is 2.09 bits per heavy atom. The van der Waals surface area contributed by atoms with Gasteiger partial charge in [-0.15, -0.1) is 0 Å². The molecule has 1 heterocycles. The first-order valence-electron chi connectivity index (χ1n) is 6.98. The molecule has 1 amide bonds. The van der Waals surface area contributed by atoms with Crippen molar-refractivity contribution in [3.05, 3.63) is 29.3 Å². The molecule has 1 aliphatic heterocycles. The van der Waals surface area contributed by atoms with Crippen LogP contribution in [0.25, 0.3) is 6.08 Å². The number of amides is 1. The normalized spacial score (nSPS) is 14.5. The fraction of sp³-hybridized carbons (Fsp3) is 0.375. The Hall–Kier alpha value is -2.50. The van der Waals surface area contributed by atoms with Crippen molar-refractivity contribution in [1.82, 2.24) is 5.32 Å². The zero-order chi connectivity index (χ0) is 16.3. The van der Waals surface area contributed by atoms with Crippen molar-refractivity contribution in [2.24, 2.45) is 5.92 Å². The maximum atomic E-state index is 12.2. The van der Waals surface area contributed by atoms with Gasteiger partial charge in [0.25, 0.3) is 5.91 Å². The molecule has 0 fully saturated rings. The minimum atomic E-state index is -1.05. The van der Waals surface area contributed by atoms with Gasteiger partial charge in [0.2, 0.25) is 0 Å². The Morgan fingerprint density at radius 3 is 2.68 bits per heavy atom. The maximum absolute atomic E-state index is 12.2. The van der Waals surface area contributed by atoms with Gasteiger partial charge >= 0.3 is 5.97 Å². The van der Waals surface area contributed by atoms with Gasteiger partial charge in [-0.05, 0) is 18.1 Å². The lowest BCUT2D eigenvalue weighted by Crippen LogP contribution is -2.45. The number of carboxylic acids is 1. The quantitative estimate of drug-likeness (QED) is 0.865. The molecular weight excluding hydrogens is 286 g/mol. The van der Waals surface area contributed by atoms with Gasteiger partial charge in [-0.3, -0.25) is 4.79 Å².